The maximum Gasteiger partial charge on any atom is 0.333 e. The number of rotatable bonds is 1. The molecule has 5 nitrogen and oxygen atoms in total. The molecule has 0 unspecified atom stereocenters. The summed E-state index contributed by atoms with van der Waals surface area (Å²) in [6.07, 6.45) is 5.89. The molecular formula is C14H20N2O3. The monoisotopic (exact) mass is 264 g/mol. The summed E-state index contributed by atoms with van der Waals surface area (Å²) in [6, 6.07) is 0.376. The van der Waals surface area contributed by atoms with Crippen LogP contribution in [-0.4, -0.2) is 35.5 Å². The first kappa shape index (κ1) is 12.7. The fourth-order valence-corrected chi connectivity index (χ4v) is 3.73. The standard InChI is InChI=1S/C14H20N2O3/c1-9-7-14(4-2-10(15)3-5-14)13(18)16(9)11-6-12(17)19-8-11/h6,9-10H,2-5,7-8,15H2,1H3/t9-,10?,14?/m1/s1. The molecule has 3 rings (SSSR count). The fourth-order valence-electron chi connectivity index (χ4n) is 3.73. The lowest BCUT2D eigenvalue weighted by molar-refractivity contribution is -0.138. The van der Waals surface area contributed by atoms with Crippen LogP contribution in [0.5, 0.6) is 0 Å². The normalized spacial score (nSPS) is 38.8. The van der Waals surface area contributed by atoms with E-state index in [-0.39, 0.29) is 36.0 Å². The van der Waals surface area contributed by atoms with Crippen LogP contribution >= 0.6 is 0 Å². The second kappa shape index (κ2) is 4.34. The number of cyclic esters (lactones) is 1. The summed E-state index contributed by atoms with van der Waals surface area (Å²) < 4.78 is 4.92. The van der Waals surface area contributed by atoms with E-state index in [1.807, 2.05) is 6.92 Å². The predicted octanol–water partition coefficient (Wildman–Crippen LogP) is 0.936. The Morgan fingerprint density at radius 2 is 2.05 bits per heavy atom. The van der Waals surface area contributed by atoms with Crippen LogP contribution in [-0.2, 0) is 14.3 Å². The number of nitrogens with two attached hydrogens (primary N) is 1. The Morgan fingerprint density at radius 1 is 1.37 bits per heavy atom. The number of nitrogens with zero attached hydrogens (tertiary/aromatic N) is 1. The van der Waals surface area contributed by atoms with Gasteiger partial charge in [-0.1, -0.05) is 0 Å². The highest BCUT2D eigenvalue weighted by atomic mass is 16.5. The molecule has 1 amide bonds. The summed E-state index contributed by atoms with van der Waals surface area (Å²) in [5.74, 6) is -0.182. The molecule has 1 atom stereocenters. The third-order valence-corrected chi connectivity index (χ3v) is 4.74. The molecule has 2 fully saturated rings. The molecule has 1 saturated heterocycles. The molecule has 0 aromatic heterocycles. The summed E-state index contributed by atoms with van der Waals surface area (Å²) in [5.41, 5.74) is 6.41. The Hall–Kier alpha value is -1.36. The first-order valence-corrected chi connectivity index (χ1v) is 6.98. The molecule has 2 aliphatic heterocycles. The third-order valence-electron chi connectivity index (χ3n) is 4.74. The molecule has 104 valence electrons. The van der Waals surface area contributed by atoms with Crippen LogP contribution in [0.25, 0.3) is 0 Å². The van der Waals surface area contributed by atoms with Crippen molar-refractivity contribution in [3.05, 3.63) is 11.8 Å². The summed E-state index contributed by atoms with van der Waals surface area (Å²) in [5, 5.41) is 0. The predicted molar refractivity (Wildman–Crippen MR) is 68.8 cm³/mol. The Morgan fingerprint density at radius 3 is 2.63 bits per heavy atom. The lowest BCUT2D eigenvalue weighted by Crippen LogP contribution is -2.40. The SMILES string of the molecule is C[C@@H]1CC2(CCC(N)CC2)C(=O)N1C1=CC(=O)OC1. The van der Waals surface area contributed by atoms with Gasteiger partial charge in [0, 0.05) is 18.2 Å². The van der Waals surface area contributed by atoms with Gasteiger partial charge in [-0.15, -0.1) is 0 Å². The van der Waals surface area contributed by atoms with Crippen molar-refractivity contribution < 1.29 is 14.3 Å². The Bertz CT molecular complexity index is 450. The van der Waals surface area contributed by atoms with E-state index < -0.39 is 0 Å². The summed E-state index contributed by atoms with van der Waals surface area (Å²) in [4.78, 5) is 25.7. The number of hydrogen-bond donors (Lipinski definition) is 1. The van der Waals surface area contributed by atoms with E-state index >= 15 is 0 Å². The molecular weight excluding hydrogens is 244 g/mol. The molecule has 2 heterocycles. The second-order valence-corrected chi connectivity index (χ2v) is 6.09. The van der Waals surface area contributed by atoms with E-state index in [9.17, 15) is 9.59 Å². The van der Waals surface area contributed by atoms with Crippen molar-refractivity contribution in [3.63, 3.8) is 0 Å². The zero-order valence-corrected chi connectivity index (χ0v) is 11.2. The molecule has 2 N–H and O–H groups in total. The van der Waals surface area contributed by atoms with Crippen LogP contribution in [0.3, 0.4) is 0 Å². The van der Waals surface area contributed by atoms with Gasteiger partial charge in [0.05, 0.1) is 11.1 Å². The van der Waals surface area contributed by atoms with E-state index in [0.29, 0.717) is 5.70 Å². The Labute approximate surface area is 112 Å². The van der Waals surface area contributed by atoms with E-state index in [1.165, 1.54) is 6.08 Å². The minimum Gasteiger partial charge on any atom is -0.456 e. The number of carbonyl (C=O) groups excluding carboxylic acids is 2. The van der Waals surface area contributed by atoms with Gasteiger partial charge in [-0.3, -0.25) is 4.79 Å². The number of carbonyl (C=O) groups is 2. The van der Waals surface area contributed by atoms with Crippen molar-refractivity contribution in [2.24, 2.45) is 11.1 Å². The third kappa shape index (κ3) is 1.96. The van der Waals surface area contributed by atoms with E-state index in [2.05, 4.69) is 0 Å². The van der Waals surface area contributed by atoms with Gasteiger partial charge in [0.15, 0.2) is 0 Å². The molecule has 19 heavy (non-hydrogen) atoms. The lowest BCUT2D eigenvalue weighted by atomic mass is 9.71. The zero-order valence-electron chi connectivity index (χ0n) is 11.2. The smallest absolute Gasteiger partial charge is 0.333 e. The number of likely N-dealkylation sites (tertiary alicyclic amines) is 1. The summed E-state index contributed by atoms with van der Waals surface area (Å²) in [7, 11) is 0. The maximum atomic E-state index is 12.8. The van der Waals surface area contributed by atoms with Crippen LogP contribution in [0.2, 0.25) is 0 Å². The number of amides is 1. The van der Waals surface area contributed by atoms with Gasteiger partial charge < -0.3 is 15.4 Å². The number of hydrogen-bond acceptors (Lipinski definition) is 4. The van der Waals surface area contributed by atoms with E-state index in [4.69, 9.17) is 10.5 Å². The van der Waals surface area contributed by atoms with Crippen LogP contribution in [0, 0.1) is 5.41 Å². The minimum atomic E-state index is -0.346. The van der Waals surface area contributed by atoms with Gasteiger partial charge in [-0.25, -0.2) is 4.79 Å². The first-order valence-electron chi connectivity index (χ1n) is 6.98. The average Bonchev–Trinajstić information content (AvgIpc) is 2.87. The maximum absolute atomic E-state index is 12.8. The molecule has 3 aliphatic rings. The lowest BCUT2D eigenvalue weighted by Gasteiger charge is -2.34. The Balaban J connectivity index is 1.83. The highest BCUT2D eigenvalue weighted by Crippen LogP contribution is 2.48. The van der Waals surface area contributed by atoms with Gasteiger partial charge in [0.25, 0.3) is 0 Å². The first-order chi connectivity index (χ1) is 9.02. The quantitative estimate of drug-likeness (QED) is 0.715. The molecule has 1 aliphatic carbocycles. The van der Waals surface area contributed by atoms with Crippen molar-refractivity contribution in [1.29, 1.82) is 0 Å². The highest BCUT2D eigenvalue weighted by molar-refractivity contribution is 5.91. The zero-order chi connectivity index (χ0) is 13.6. The van der Waals surface area contributed by atoms with Gasteiger partial charge in [-0.05, 0) is 39.0 Å². The summed E-state index contributed by atoms with van der Waals surface area (Å²) in [6.45, 7) is 2.27. The van der Waals surface area contributed by atoms with E-state index in [1.54, 1.807) is 4.90 Å². The van der Waals surface area contributed by atoms with Crippen LogP contribution in [0.1, 0.15) is 39.0 Å². The van der Waals surface area contributed by atoms with Gasteiger partial charge in [-0.2, -0.15) is 0 Å². The van der Waals surface area contributed by atoms with Crippen molar-refractivity contribution in [1.82, 2.24) is 4.90 Å². The molecule has 1 spiro atoms. The molecule has 1 saturated carbocycles. The van der Waals surface area contributed by atoms with Crippen molar-refractivity contribution in [3.8, 4) is 0 Å². The van der Waals surface area contributed by atoms with Crippen molar-refractivity contribution in [2.45, 2.75) is 51.1 Å². The number of ether oxygens (including phenoxy) is 1. The van der Waals surface area contributed by atoms with Gasteiger partial charge in [0.1, 0.15) is 6.61 Å². The largest absolute Gasteiger partial charge is 0.456 e. The van der Waals surface area contributed by atoms with Gasteiger partial charge in [0.2, 0.25) is 5.91 Å². The topological polar surface area (TPSA) is 72.6 Å². The Kier molecular flexibility index (Phi) is 2.89. The fraction of sp³-hybridized carbons (Fsp3) is 0.714. The van der Waals surface area contributed by atoms with Gasteiger partial charge >= 0.3 is 5.97 Å². The molecule has 0 aromatic carbocycles. The molecule has 5 heteroatoms. The van der Waals surface area contributed by atoms with Crippen LogP contribution in [0.4, 0.5) is 0 Å². The summed E-state index contributed by atoms with van der Waals surface area (Å²) >= 11 is 0. The van der Waals surface area contributed by atoms with Crippen molar-refractivity contribution >= 4 is 11.9 Å². The molecule has 0 bridgehead atoms. The van der Waals surface area contributed by atoms with Crippen molar-refractivity contribution in [2.75, 3.05) is 6.61 Å². The average molecular weight is 264 g/mol. The second-order valence-electron chi connectivity index (χ2n) is 6.09. The van der Waals surface area contributed by atoms with Crippen LogP contribution < -0.4 is 5.73 Å². The molecule has 0 radical (unpaired) electrons. The highest BCUT2D eigenvalue weighted by Gasteiger charge is 2.52. The molecule has 0 aromatic rings. The van der Waals surface area contributed by atoms with Crippen LogP contribution in [0.15, 0.2) is 11.8 Å². The minimum absolute atomic E-state index is 0.141. The van der Waals surface area contributed by atoms with E-state index in [0.717, 1.165) is 32.1 Å². The number of esters is 1.